The Labute approximate surface area is 107 Å². The summed E-state index contributed by atoms with van der Waals surface area (Å²) in [5.74, 6) is -0.212. The second kappa shape index (κ2) is 5.21. The van der Waals surface area contributed by atoms with Gasteiger partial charge in [0.15, 0.2) is 0 Å². The van der Waals surface area contributed by atoms with Crippen molar-refractivity contribution in [2.24, 2.45) is 0 Å². The van der Waals surface area contributed by atoms with Crippen LogP contribution in [-0.4, -0.2) is 29.3 Å². The van der Waals surface area contributed by atoms with Crippen molar-refractivity contribution in [1.29, 1.82) is 0 Å². The van der Waals surface area contributed by atoms with Crippen molar-refractivity contribution < 1.29 is 9.59 Å². The van der Waals surface area contributed by atoms with Crippen molar-refractivity contribution in [3.05, 3.63) is 29.8 Å². The lowest BCUT2D eigenvalue weighted by Crippen LogP contribution is -2.34. The zero-order chi connectivity index (χ0) is 13.1. The summed E-state index contributed by atoms with van der Waals surface area (Å²) in [6, 6.07) is 7.54. The molecule has 4 nitrogen and oxygen atoms in total. The molecule has 0 aromatic heterocycles. The minimum absolute atomic E-state index is 0.0911. The molecule has 1 aromatic rings. The van der Waals surface area contributed by atoms with E-state index in [2.05, 4.69) is 12.2 Å². The summed E-state index contributed by atoms with van der Waals surface area (Å²) >= 11 is 0. The third kappa shape index (κ3) is 2.37. The molecule has 0 aliphatic carbocycles. The van der Waals surface area contributed by atoms with Crippen LogP contribution >= 0.6 is 0 Å². The SMILES string of the molecule is CCc1cccc(NC2CC(=O)N(CC)C2=O)c1. The first-order valence-electron chi connectivity index (χ1n) is 6.35. The van der Waals surface area contributed by atoms with Gasteiger partial charge < -0.3 is 5.32 Å². The summed E-state index contributed by atoms with van der Waals surface area (Å²) < 4.78 is 0. The predicted molar refractivity (Wildman–Crippen MR) is 70.2 cm³/mol. The topological polar surface area (TPSA) is 49.4 Å². The molecule has 0 bridgehead atoms. The molecule has 0 radical (unpaired) electrons. The van der Waals surface area contributed by atoms with E-state index in [-0.39, 0.29) is 18.2 Å². The molecule has 1 unspecified atom stereocenters. The molecule has 4 heteroatoms. The Bertz CT molecular complexity index is 471. The van der Waals surface area contributed by atoms with Gasteiger partial charge in [0.05, 0.1) is 6.42 Å². The number of hydrogen-bond donors (Lipinski definition) is 1. The van der Waals surface area contributed by atoms with Crippen LogP contribution in [0.2, 0.25) is 0 Å². The molecule has 96 valence electrons. The van der Waals surface area contributed by atoms with E-state index in [4.69, 9.17) is 0 Å². The number of likely N-dealkylation sites (tertiary alicyclic amines) is 1. The van der Waals surface area contributed by atoms with Crippen LogP contribution in [0.3, 0.4) is 0 Å². The summed E-state index contributed by atoms with van der Waals surface area (Å²) in [4.78, 5) is 24.9. The summed E-state index contributed by atoms with van der Waals surface area (Å²) in [7, 11) is 0. The number of likely N-dealkylation sites (N-methyl/N-ethyl adjacent to an activating group) is 1. The molecule has 1 aliphatic heterocycles. The summed E-state index contributed by atoms with van der Waals surface area (Å²) in [5.41, 5.74) is 2.11. The first kappa shape index (κ1) is 12.6. The maximum atomic E-state index is 11.9. The second-order valence-electron chi connectivity index (χ2n) is 4.43. The normalized spacial score (nSPS) is 19.4. The molecule has 2 amide bonds. The largest absolute Gasteiger partial charge is 0.373 e. The monoisotopic (exact) mass is 246 g/mol. The molecule has 0 saturated carbocycles. The van der Waals surface area contributed by atoms with Crippen molar-refractivity contribution in [3.63, 3.8) is 0 Å². The number of benzene rings is 1. The van der Waals surface area contributed by atoms with Gasteiger partial charge in [0.2, 0.25) is 5.91 Å². The van der Waals surface area contributed by atoms with Crippen LogP contribution < -0.4 is 5.32 Å². The molecule has 1 atom stereocenters. The molecule has 18 heavy (non-hydrogen) atoms. The van der Waals surface area contributed by atoms with E-state index in [0.29, 0.717) is 6.54 Å². The number of amides is 2. The van der Waals surface area contributed by atoms with Crippen molar-refractivity contribution in [2.45, 2.75) is 32.7 Å². The second-order valence-corrected chi connectivity index (χ2v) is 4.43. The number of nitrogens with zero attached hydrogens (tertiary/aromatic N) is 1. The van der Waals surface area contributed by atoms with Gasteiger partial charge >= 0.3 is 0 Å². The van der Waals surface area contributed by atoms with E-state index < -0.39 is 6.04 Å². The van der Waals surface area contributed by atoms with E-state index in [1.807, 2.05) is 31.2 Å². The highest BCUT2D eigenvalue weighted by atomic mass is 16.2. The van der Waals surface area contributed by atoms with Gasteiger partial charge in [-0.2, -0.15) is 0 Å². The lowest BCUT2D eigenvalue weighted by atomic mass is 10.1. The number of imide groups is 1. The summed E-state index contributed by atoms with van der Waals surface area (Å²) in [5, 5.41) is 3.15. The third-order valence-electron chi connectivity index (χ3n) is 3.24. The number of nitrogens with one attached hydrogen (secondary N) is 1. The first-order chi connectivity index (χ1) is 8.65. The number of aryl methyl sites for hydroxylation is 1. The molecular formula is C14H18N2O2. The van der Waals surface area contributed by atoms with Gasteiger partial charge in [-0.3, -0.25) is 14.5 Å². The number of anilines is 1. The molecule has 1 aliphatic rings. The zero-order valence-electron chi connectivity index (χ0n) is 10.8. The van der Waals surface area contributed by atoms with Crippen molar-refractivity contribution >= 4 is 17.5 Å². The van der Waals surface area contributed by atoms with Crippen molar-refractivity contribution in [1.82, 2.24) is 4.90 Å². The van der Waals surface area contributed by atoms with Gasteiger partial charge in [-0.1, -0.05) is 19.1 Å². The maximum absolute atomic E-state index is 11.9. The Balaban J connectivity index is 2.10. The highest BCUT2D eigenvalue weighted by Crippen LogP contribution is 2.19. The van der Waals surface area contributed by atoms with Crippen LogP contribution in [0.25, 0.3) is 0 Å². The first-order valence-corrected chi connectivity index (χ1v) is 6.35. The van der Waals surface area contributed by atoms with Crippen LogP contribution in [0, 0.1) is 0 Å². The van der Waals surface area contributed by atoms with Gasteiger partial charge in [-0.05, 0) is 31.0 Å². The molecule has 1 heterocycles. The fourth-order valence-corrected chi connectivity index (χ4v) is 2.21. The van der Waals surface area contributed by atoms with Crippen LogP contribution in [0.1, 0.15) is 25.8 Å². The van der Waals surface area contributed by atoms with Gasteiger partial charge in [-0.15, -0.1) is 0 Å². The molecule has 2 rings (SSSR count). The number of rotatable bonds is 4. The van der Waals surface area contributed by atoms with E-state index in [0.717, 1.165) is 12.1 Å². The van der Waals surface area contributed by atoms with Gasteiger partial charge in [0.1, 0.15) is 6.04 Å². The van der Waals surface area contributed by atoms with Gasteiger partial charge in [-0.25, -0.2) is 0 Å². The highest BCUT2D eigenvalue weighted by Gasteiger charge is 2.37. The third-order valence-corrected chi connectivity index (χ3v) is 3.24. The minimum atomic E-state index is -0.412. The standard InChI is InChI=1S/C14H18N2O2/c1-3-10-6-5-7-11(8-10)15-12-9-13(17)16(4-2)14(12)18/h5-8,12,15H,3-4,9H2,1-2H3. The van der Waals surface area contributed by atoms with E-state index in [9.17, 15) is 9.59 Å². The van der Waals surface area contributed by atoms with E-state index in [1.165, 1.54) is 10.5 Å². The Kier molecular flexibility index (Phi) is 3.65. The Morgan fingerprint density at radius 3 is 2.72 bits per heavy atom. The molecule has 1 N–H and O–H groups in total. The highest BCUT2D eigenvalue weighted by molar-refractivity contribution is 6.06. The number of hydrogen-bond acceptors (Lipinski definition) is 3. The quantitative estimate of drug-likeness (QED) is 0.824. The fourth-order valence-electron chi connectivity index (χ4n) is 2.21. The zero-order valence-corrected chi connectivity index (χ0v) is 10.8. The lowest BCUT2D eigenvalue weighted by Gasteiger charge is -2.14. The minimum Gasteiger partial charge on any atom is -0.373 e. The van der Waals surface area contributed by atoms with Gasteiger partial charge in [0.25, 0.3) is 5.91 Å². The number of carbonyl (C=O) groups is 2. The smallest absolute Gasteiger partial charge is 0.252 e. The van der Waals surface area contributed by atoms with Crippen molar-refractivity contribution in [2.75, 3.05) is 11.9 Å². The van der Waals surface area contributed by atoms with Crippen LogP contribution in [0.15, 0.2) is 24.3 Å². The number of carbonyl (C=O) groups excluding carboxylic acids is 2. The van der Waals surface area contributed by atoms with E-state index >= 15 is 0 Å². The molecule has 1 aromatic carbocycles. The summed E-state index contributed by atoms with van der Waals surface area (Å²) in [6.07, 6.45) is 1.21. The summed E-state index contributed by atoms with van der Waals surface area (Å²) in [6.45, 7) is 4.35. The Morgan fingerprint density at radius 1 is 1.33 bits per heavy atom. The van der Waals surface area contributed by atoms with Crippen molar-refractivity contribution in [3.8, 4) is 0 Å². The predicted octanol–water partition coefficient (Wildman–Crippen LogP) is 1.81. The van der Waals surface area contributed by atoms with Crippen LogP contribution in [0.4, 0.5) is 5.69 Å². The fraction of sp³-hybridized carbons (Fsp3) is 0.429. The molecule has 1 saturated heterocycles. The van der Waals surface area contributed by atoms with Crippen LogP contribution in [-0.2, 0) is 16.0 Å². The Hall–Kier alpha value is -1.84. The van der Waals surface area contributed by atoms with E-state index in [1.54, 1.807) is 0 Å². The lowest BCUT2D eigenvalue weighted by molar-refractivity contribution is -0.138. The average Bonchev–Trinajstić information content (AvgIpc) is 2.64. The maximum Gasteiger partial charge on any atom is 0.252 e. The molecule has 0 spiro atoms. The molecule has 1 fully saturated rings. The van der Waals surface area contributed by atoms with Gasteiger partial charge in [0, 0.05) is 12.2 Å². The molecular weight excluding hydrogens is 228 g/mol. The Morgan fingerprint density at radius 2 is 2.11 bits per heavy atom. The average molecular weight is 246 g/mol. The van der Waals surface area contributed by atoms with Crippen LogP contribution in [0.5, 0.6) is 0 Å².